The number of benzene rings is 3. The van der Waals surface area contributed by atoms with Crippen LogP contribution in [0.15, 0.2) is 91.0 Å². The third kappa shape index (κ3) is 3.28. The van der Waals surface area contributed by atoms with Gasteiger partial charge in [-0.1, -0.05) is 36.4 Å². The first-order valence-electron chi connectivity index (χ1n) is 12.4. The number of para-hydroxylation sites is 1. The van der Waals surface area contributed by atoms with Crippen LogP contribution in [0.2, 0.25) is 0 Å². The highest BCUT2D eigenvalue weighted by Crippen LogP contribution is 2.65. The lowest BCUT2D eigenvalue weighted by molar-refractivity contribution is -0.124. The summed E-state index contributed by atoms with van der Waals surface area (Å²) in [5.74, 6) is 1.77. The first kappa shape index (κ1) is 21.1. The molecular weight excluding hydrogens is 452 g/mol. The molecular formula is C30H24N2O4. The van der Waals surface area contributed by atoms with E-state index in [4.69, 9.17) is 4.74 Å². The van der Waals surface area contributed by atoms with Gasteiger partial charge in [-0.25, -0.2) is 4.90 Å². The molecule has 4 aliphatic carbocycles. The Kier molecular flexibility index (Phi) is 4.64. The lowest BCUT2D eigenvalue weighted by Crippen LogP contribution is -2.40. The third-order valence-electron chi connectivity index (χ3n) is 8.12. The van der Waals surface area contributed by atoms with Gasteiger partial charge in [-0.15, -0.1) is 0 Å². The molecule has 3 fully saturated rings. The number of rotatable bonds is 5. The Morgan fingerprint density at radius 1 is 0.778 bits per heavy atom. The van der Waals surface area contributed by atoms with Crippen molar-refractivity contribution in [3.05, 3.63) is 96.6 Å². The SMILES string of the molecule is O=C(Nc1ccc(Oc2ccccc2)cc1)c1cccc(N2C(=O)[C@H]3[C@@H]4C=C[C@H]([C@H]5C[C@H]45)[C@@H]3C2=O)c1. The van der Waals surface area contributed by atoms with E-state index in [9.17, 15) is 14.4 Å². The van der Waals surface area contributed by atoms with Gasteiger partial charge in [-0.2, -0.15) is 0 Å². The van der Waals surface area contributed by atoms with E-state index in [0.717, 1.165) is 12.2 Å². The molecule has 0 unspecified atom stereocenters. The molecule has 2 bridgehead atoms. The number of carbonyl (C=O) groups is 3. The second-order valence-corrected chi connectivity index (χ2v) is 10.1. The summed E-state index contributed by atoms with van der Waals surface area (Å²) >= 11 is 0. The number of ether oxygens (including phenoxy) is 1. The van der Waals surface area contributed by atoms with Gasteiger partial charge >= 0.3 is 0 Å². The van der Waals surface area contributed by atoms with Gasteiger partial charge in [0.2, 0.25) is 11.8 Å². The van der Waals surface area contributed by atoms with E-state index in [1.165, 1.54) is 4.90 Å². The van der Waals surface area contributed by atoms with E-state index in [-0.39, 0.29) is 41.4 Å². The van der Waals surface area contributed by atoms with Gasteiger partial charge in [0.15, 0.2) is 0 Å². The summed E-state index contributed by atoms with van der Waals surface area (Å²) in [7, 11) is 0. The van der Waals surface area contributed by atoms with Crippen molar-refractivity contribution in [2.45, 2.75) is 6.42 Å². The van der Waals surface area contributed by atoms with Crippen LogP contribution >= 0.6 is 0 Å². The third-order valence-corrected chi connectivity index (χ3v) is 8.12. The molecule has 178 valence electrons. The van der Waals surface area contributed by atoms with E-state index in [2.05, 4.69) is 17.5 Å². The van der Waals surface area contributed by atoms with Crippen molar-refractivity contribution in [1.82, 2.24) is 0 Å². The monoisotopic (exact) mass is 476 g/mol. The minimum atomic E-state index is -0.312. The quantitative estimate of drug-likeness (QED) is 0.401. The topological polar surface area (TPSA) is 75.7 Å². The molecule has 0 spiro atoms. The lowest BCUT2D eigenvalue weighted by atomic mass is 9.63. The summed E-state index contributed by atoms with van der Waals surface area (Å²) in [6, 6.07) is 23.3. The van der Waals surface area contributed by atoms with E-state index >= 15 is 0 Å². The maximum Gasteiger partial charge on any atom is 0.255 e. The highest BCUT2D eigenvalue weighted by molar-refractivity contribution is 6.23. The summed E-state index contributed by atoms with van der Waals surface area (Å²) < 4.78 is 5.80. The Labute approximate surface area is 208 Å². The van der Waals surface area contributed by atoms with Crippen molar-refractivity contribution in [3.63, 3.8) is 0 Å². The smallest absolute Gasteiger partial charge is 0.255 e. The van der Waals surface area contributed by atoms with E-state index in [1.54, 1.807) is 48.5 Å². The van der Waals surface area contributed by atoms with E-state index < -0.39 is 0 Å². The summed E-state index contributed by atoms with van der Waals surface area (Å²) in [5, 5.41) is 2.88. The first-order valence-corrected chi connectivity index (χ1v) is 12.4. The first-order chi connectivity index (χ1) is 17.6. The predicted octanol–water partition coefficient (Wildman–Crippen LogP) is 5.29. The van der Waals surface area contributed by atoms with Gasteiger partial charge in [-0.3, -0.25) is 14.4 Å². The number of allylic oxidation sites excluding steroid dienone is 2. The molecule has 3 aromatic rings. The molecule has 1 aliphatic heterocycles. The molecule has 1 heterocycles. The fourth-order valence-electron chi connectivity index (χ4n) is 6.43. The van der Waals surface area contributed by atoms with Crippen LogP contribution < -0.4 is 15.0 Å². The molecule has 6 heteroatoms. The van der Waals surface area contributed by atoms with Crippen molar-refractivity contribution in [2.75, 3.05) is 10.2 Å². The number of hydrogen-bond acceptors (Lipinski definition) is 4. The largest absolute Gasteiger partial charge is 0.457 e. The molecule has 6 atom stereocenters. The molecule has 5 aliphatic rings. The second kappa shape index (κ2) is 7.92. The molecule has 8 rings (SSSR count). The normalized spacial score (nSPS) is 29.1. The van der Waals surface area contributed by atoms with Crippen LogP contribution in [-0.2, 0) is 9.59 Å². The maximum absolute atomic E-state index is 13.4. The van der Waals surface area contributed by atoms with E-state index in [0.29, 0.717) is 34.5 Å². The minimum Gasteiger partial charge on any atom is -0.457 e. The highest BCUT2D eigenvalue weighted by atomic mass is 16.5. The summed E-state index contributed by atoms with van der Waals surface area (Å²) in [6.45, 7) is 0. The van der Waals surface area contributed by atoms with Crippen molar-refractivity contribution in [3.8, 4) is 11.5 Å². The molecule has 3 amide bonds. The van der Waals surface area contributed by atoms with E-state index in [1.807, 2.05) is 30.3 Å². The van der Waals surface area contributed by atoms with Crippen LogP contribution in [0.5, 0.6) is 11.5 Å². The Morgan fingerprint density at radius 2 is 1.42 bits per heavy atom. The molecule has 0 radical (unpaired) electrons. The Hall–Kier alpha value is -4.19. The average Bonchev–Trinajstić information content (AvgIpc) is 3.69. The molecule has 0 aromatic heterocycles. The number of anilines is 2. The number of amides is 3. The Morgan fingerprint density at radius 3 is 2.08 bits per heavy atom. The molecule has 3 aromatic carbocycles. The minimum absolute atomic E-state index is 0.124. The van der Waals surface area contributed by atoms with Crippen LogP contribution in [0.3, 0.4) is 0 Å². The van der Waals surface area contributed by atoms with Gasteiger partial charge < -0.3 is 10.1 Å². The van der Waals surface area contributed by atoms with Crippen LogP contribution in [-0.4, -0.2) is 17.7 Å². The summed E-state index contributed by atoms with van der Waals surface area (Å²) in [5.41, 5.74) is 1.47. The van der Waals surface area contributed by atoms with Gasteiger partial charge in [0.1, 0.15) is 11.5 Å². The molecule has 2 saturated carbocycles. The maximum atomic E-state index is 13.4. The van der Waals surface area contributed by atoms with Crippen LogP contribution in [0.25, 0.3) is 0 Å². The second-order valence-electron chi connectivity index (χ2n) is 10.1. The van der Waals surface area contributed by atoms with Crippen molar-refractivity contribution in [1.29, 1.82) is 0 Å². The Balaban J connectivity index is 1.07. The lowest BCUT2D eigenvalue weighted by Gasteiger charge is -2.37. The summed E-state index contributed by atoms with van der Waals surface area (Å²) in [6.07, 6.45) is 5.45. The van der Waals surface area contributed by atoms with Crippen LogP contribution in [0.1, 0.15) is 16.8 Å². The van der Waals surface area contributed by atoms with Gasteiger partial charge in [0, 0.05) is 11.3 Å². The number of nitrogens with zero attached hydrogens (tertiary/aromatic N) is 1. The van der Waals surface area contributed by atoms with Crippen LogP contribution in [0, 0.1) is 35.5 Å². The number of imide groups is 1. The number of carbonyl (C=O) groups excluding carboxylic acids is 3. The number of hydrogen-bond donors (Lipinski definition) is 1. The molecule has 1 saturated heterocycles. The molecule has 36 heavy (non-hydrogen) atoms. The van der Waals surface area contributed by atoms with Crippen molar-refractivity contribution >= 4 is 29.1 Å². The molecule has 6 nitrogen and oxygen atoms in total. The standard InChI is InChI=1S/C30H24N2O4/c33-28(31-18-9-11-21(12-10-18)36-20-7-2-1-3-8-20)17-5-4-6-19(15-17)32-29(34)26-22-13-14-23(25-16-24(22)25)27(26)30(32)35/h1-15,22-27H,16H2,(H,31,33)/t22-,23-,24-,25-,26+,27+/m1/s1. The zero-order valence-corrected chi connectivity index (χ0v) is 19.4. The van der Waals surface area contributed by atoms with Gasteiger partial charge in [-0.05, 0) is 84.7 Å². The number of nitrogens with one attached hydrogen (secondary N) is 1. The predicted molar refractivity (Wildman–Crippen MR) is 135 cm³/mol. The summed E-state index contributed by atoms with van der Waals surface area (Å²) in [4.78, 5) is 41.1. The zero-order chi connectivity index (χ0) is 24.4. The highest BCUT2D eigenvalue weighted by Gasteiger charge is 2.67. The zero-order valence-electron chi connectivity index (χ0n) is 19.4. The Bertz CT molecular complexity index is 1380. The fraction of sp³-hybridized carbons (Fsp3) is 0.233. The van der Waals surface area contributed by atoms with Crippen LogP contribution in [0.4, 0.5) is 11.4 Å². The molecule has 1 N–H and O–H groups in total. The average molecular weight is 477 g/mol. The van der Waals surface area contributed by atoms with Crippen molar-refractivity contribution in [2.24, 2.45) is 35.5 Å². The van der Waals surface area contributed by atoms with Gasteiger partial charge in [0.25, 0.3) is 5.91 Å². The fourth-order valence-corrected chi connectivity index (χ4v) is 6.43. The van der Waals surface area contributed by atoms with Crippen molar-refractivity contribution < 1.29 is 19.1 Å². The van der Waals surface area contributed by atoms with Gasteiger partial charge in [0.05, 0.1) is 17.5 Å².